The number of nitrogens with zero attached hydrogens (tertiary/aromatic N) is 1. The molecule has 5 nitrogen and oxygen atoms in total. The van der Waals surface area contributed by atoms with Crippen LogP contribution in [0.3, 0.4) is 0 Å². The standard InChI is InChI=1S/C22H34N2O3S/c1-24-21(18-8-9-18)14-20(23-28(2,25)26)22(24)15-27-19-12-10-17(11-13-19)16-6-4-3-5-7-16/h3-7,17-23H,8-15H2,1-2H3/t17?,19?,20-,21?,22?/m0/s1. The zero-order valence-corrected chi connectivity index (χ0v) is 17.9. The fourth-order valence-electron chi connectivity index (χ4n) is 5.28. The van der Waals surface area contributed by atoms with Crippen LogP contribution in [0.25, 0.3) is 0 Å². The van der Waals surface area contributed by atoms with Crippen molar-refractivity contribution in [1.82, 2.24) is 9.62 Å². The van der Waals surface area contributed by atoms with E-state index in [0.29, 0.717) is 24.7 Å². The van der Waals surface area contributed by atoms with Crippen molar-refractivity contribution in [2.24, 2.45) is 5.92 Å². The monoisotopic (exact) mass is 406 g/mol. The molecule has 1 N–H and O–H groups in total. The van der Waals surface area contributed by atoms with E-state index in [4.69, 9.17) is 4.74 Å². The summed E-state index contributed by atoms with van der Waals surface area (Å²) in [7, 11) is -1.06. The summed E-state index contributed by atoms with van der Waals surface area (Å²) in [5.41, 5.74) is 1.45. The van der Waals surface area contributed by atoms with Crippen molar-refractivity contribution >= 4 is 10.0 Å². The predicted octanol–water partition coefficient (Wildman–Crippen LogP) is 3.13. The molecule has 1 aromatic carbocycles. The van der Waals surface area contributed by atoms with Crippen LogP contribution in [0.4, 0.5) is 0 Å². The van der Waals surface area contributed by atoms with E-state index in [1.54, 1.807) is 0 Å². The number of likely N-dealkylation sites (tertiary alicyclic amines) is 1. The fourth-order valence-corrected chi connectivity index (χ4v) is 6.08. The summed E-state index contributed by atoms with van der Waals surface area (Å²) >= 11 is 0. The molecule has 0 spiro atoms. The summed E-state index contributed by atoms with van der Waals surface area (Å²) in [6, 6.07) is 11.4. The first-order chi connectivity index (χ1) is 13.4. The summed E-state index contributed by atoms with van der Waals surface area (Å²) in [5, 5.41) is 0. The Kier molecular flexibility index (Phi) is 6.12. The average Bonchev–Trinajstić information content (AvgIpc) is 3.46. The van der Waals surface area contributed by atoms with E-state index in [1.165, 1.54) is 37.5 Å². The first kappa shape index (κ1) is 20.3. The Morgan fingerprint density at radius 1 is 1.07 bits per heavy atom. The van der Waals surface area contributed by atoms with Crippen LogP contribution in [-0.4, -0.2) is 57.5 Å². The quantitative estimate of drug-likeness (QED) is 0.756. The molecule has 0 bridgehead atoms. The highest BCUT2D eigenvalue weighted by molar-refractivity contribution is 7.88. The van der Waals surface area contributed by atoms with Gasteiger partial charge in [0.05, 0.1) is 19.0 Å². The van der Waals surface area contributed by atoms with Crippen molar-refractivity contribution in [3.63, 3.8) is 0 Å². The van der Waals surface area contributed by atoms with Crippen LogP contribution in [-0.2, 0) is 14.8 Å². The van der Waals surface area contributed by atoms with Crippen LogP contribution in [0.15, 0.2) is 30.3 Å². The Hall–Kier alpha value is -0.950. The zero-order chi connectivity index (χ0) is 19.7. The number of benzene rings is 1. The number of ether oxygens (including phenoxy) is 1. The van der Waals surface area contributed by atoms with Crippen LogP contribution >= 0.6 is 0 Å². The maximum Gasteiger partial charge on any atom is 0.209 e. The minimum Gasteiger partial charge on any atom is -0.377 e. The number of hydrogen-bond acceptors (Lipinski definition) is 4. The Morgan fingerprint density at radius 2 is 1.75 bits per heavy atom. The van der Waals surface area contributed by atoms with E-state index in [0.717, 1.165) is 25.2 Å². The average molecular weight is 407 g/mol. The van der Waals surface area contributed by atoms with Gasteiger partial charge in [0.25, 0.3) is 0 Å². The van der Waals surface area contributed by atoms with Crippen molar-refractivity contribution in [3.8, 4) is 0 Å². The van der Waals surface area contributed by atoms with Gasteiger partial charge in [0.1, 0.15) is 0 Å². The molecule has 4 rings (SSSR count). The third kappa shape index (κ3) is 4.96. The van der Waals surface area contributed by atoms with Crippen LogP contribution in [0, 0.1) is 5.92 Å². The number of rotatable bonds is 7. The van der Waals surface area contributed by atoms with E-state index in [2.05, 4.69) is 47.0 Å². The third-order valence-electron chi connectivity index (χ3n) is 6.99. The van der Waals surface area contributed by atoms with E-state index in [9.17, 15) is 8.42 Å². The molecule has 3 aliphatic rings. The first-order valence-corrected chi connectivity index (χ1v) is 12.7. The van der Waals surface area contributed by atoms with Crippen molar-refractivity contribution in [1.29, 1.82) is 0 Å². The van der Waals surface area contributed by atoms with Gasteiger partial charge in [0.2, 0.25) is 10.0 Å². The Labute approximate surface area is 169 Å². The molecule has 0 amide bonds. The lowest BCUT2D eigenvalue weighted by molar-refractivity contribution is -0.00666. The molecular formula is C22H34N2O3S. The lowest BCUT2D eigenvalue weighted by Gasteiger charge is -2.32. The molecule has 2 unspecified atom stereocenters. The van der Waals surface area contributed by atoms with Gasteiger partial charge in [0.15, 0.2) is 0 Å². The van der Waals surface area contributed by atoms with Gasteiger partial charge in [-0.3, -0.25) is 4.90 Å². The summed E-state index contributed by atoms with van der Waals surface area (Å²) < 4.78 is 32.9. The largest absolute Gasteiger partial charge is 0.377 e. The molecule has 1 aliphatic heterocycles. The molecule has 0 radical (unpaired) electrons. The lowest BCUT2D eigenvalue weighted by Crippen LogP contribution is -2.47. The Morgan fingerprint density at radius 3 is 2.36 bits per heavy atom. The number of nitrogens with one attached hydrogen (secondary N) is 1. The maximum atomic E-state index is 11.8. The highest BCUT2D eigenvalue weighted by Crippen LogP contribution is 2.42. The van der Waals surface area contributed by atoms with Gasteiger partial charge in [-0.25, -0.2) is 13.1 Å². The SMILES string of the molecule is CN1C(C2CC2)C[C@H](NS(C)(=O)=O)C1COC1CCC(c2ccccc2)CC1. The van der Waals surface area contributed by atoms with Crippen LogP contribution < -0.4 is 4.72 Å². The Balaban J connectivity index is 1.31. The molecule has 1 saturated heterocycles. The van der Waals surface area contributed by atoms with Gasteiger partial charge in [-0.2, -0.15) is 0 Å². The van der Waals surface area contributed by atoms with E-state index < -0.39 is 10.0 Å². The molecule has 1 heterocycles. The topological polar surface area (TPSA) is 58.6 Å². The number of likely N-dealkylation sites (N-methyl/N-ethyl adjacent to an activating group) is 1. The van der Waals surface area contributed by atoms with Crippen molar-refractivity contribution in [3.05, 3.63) is 35.9 Å². The molecule has 3 fully saturated rings. The Bertz CT molecular complexity index is 742. The van der Waals surface area contributed by atoms with Crippen LogP contribution in [0.2, 0.25) is 0 Å². The molecule has 156 valence electrons. The van der Waals surface area contributed by atoms with Crippen molar-refractivity contribution < 1.29 is 13.2 Å². The zero-order valence-electron chi connectivity index (χ0n) is 17.1. The fraction of sp³-hybridized carbons (Fsp3) is 0.727. The molecule has 6 heteroatoms. The van der Waals surface area contributed by atoms with Crippen LogP contribution in [0.1, 0.15) is 56.4 Å². The molecule has 2 saturated carbocycles. The molecule has 2 aliphatic carbocycles. The smallest absolute Gasteiger partial charge is 0.209 e. The normalized spacial score (nSPS) is 34.6. The molecule has 0 aromatic heterocycles. The molecule has 3 atom stereocenters. The second-order valence-corrected chi connectivity index (χ2v) is 10.9. The highest BCUT2D eigenvalue weighted by Gasteiger charge is 2.46. The van der Waals surface area contributed by atoms with E-state index in [-0.39, 0.29) is 12.1 Å². The maximum absolute atomic E-state index is 11.8. The van der Waals surface area contributed by atoms with Gasteiger partial charge >= 0.3 is 0 Å². The minimum absolute atomic E-state index is 0.0359. The molecule has 1 aromatic rings. The first-order valence-electron chi connectivity index (χ1n) is 10.8. The van der Waals surface area contributed by atoms with Crippen LogP contribution in [0.5, 0.6) is 0 Å². The highest BCUT2D eigenvalue weighted by atomic mass is 32.2. The second-order valence-electron chi connectivity index (χ2n) is 9.09. The summed E-state index contributed by atoms with van der Waals surface area (Å²) in [5.74, 6) is 1.38. The predicted molar refractivity (Wildman–Crippen MR) is 112 cm³/mol. The van der Waals surface area contributed by atoms with Crippen molar-refractivity contribution in [2.75, 3.05) is 19.9 Å². The number of hydrogen-bond donors (Lipinski definition) is 1. The van der Waals surface area contributed by atoms with E-state index in [1.807, 2.05) is 0 Å². The summed E-state index contributed by atoms with van der Waals surface area (Å²) in [4.78, 5) is 2.39. The van der Waals surface area contributed by atoms with Gasteiger partial charge in [0, 0.05) is 18.1 Å². The lowest BCUT2D eigenvalue weighted by atomic mass is 9.83. The van der Waals surface area contributed by atoms with Gasteiger partial charge in [-0.1, -0.05) is 30.3 Å². The summed E-state index contributed by atoms with van der Waals surface area (Å²) in [6.45, 7) is 0.619. The van der Waals surface area contributed by atoms with Crippen molar-refractivity contribution in [2.45, 2.75) is 75.1 Å². The summed E-state index contributed by atoms with van der Waals surface area (Å²) in [6.07, 6.45) is 9.54. The van der Waals surface area contributed by atoms with Gasteiger partial charge in [-0.15, -0.1) is 0 Å². The molecule has 28 heavy (non-hydrogen) atoms. The third-order valence-corrected chi connectivity index (χ3v) is 7.72. The minimum atomic E-state index is -3.21. The van der Waals surface area contributed by atoms with Gasteiger partial charge in [-0.05, 0) is 69.4 Å². The van der Waals surface area contributed by atoms with E-state index >= 15 is 0 Å². The number of sulfonamides is 1. The van der Waals surface area contributed by atoms with Gasteiger partial charge < -0.3 is 4.74 Å². The second kappa shape index (κ2) is 8.42. The molecular weight excluding hydrogens is 372 g/mol.